The highest BCUT2D eigenvalue weighted by Gasteiger charge is 2.32. The third kappa shape index (κ3) is 6.52. The van der Waals surface area contributed by atoms with E-state index in [9.17, 15) is 22.4 Å². The van der Waals surface area contributed by atoms with E-state index in [2.05, 4.69) is 10.6 Å². The van der Waals surface area contributed by atoms with Gasteiger partial charge in [-0.25, -0.2) is 17.6 Å². The molecular formula is C23H29FN4O4S. The molecule has 0 saturated carbocycles. The van der Waals surface area contributed by atoms with Crippen LogP contribution in [0.3, 0.4) is 0 Å². The van der Waals surface area contributed by atoms with Gasteiger partial charge in [-0.05, 0) is 36.2 Å². The van der Waals surface area contributed by atoms with Crippen LogP contribution < -0.4 is 10.6 Å². The van der Waals surface area contributed by atoms with Gasteiger partial charge >= 0.3 is 6.03 Å². The molecule has 0 bridgehead atoms. The normalized spacial score (nSPS) is 15.6. The van der Waals surface area contributed by atoms with Gasteiger partial charge in [-0.1, -0.05) is 43.7 Å². The highest BCUT2D eigenvalue weighted by molar-refractivity contribution is 7.89. The van der Waals surface area contributed by atoms with Crippen LogP contribution in [0, 0.1) is 5.82 Å². The number of hydrogen-bond donors (Lipinski definition) is 2. The molecule has 1 saturated heterocycles. The molecule has 0 radical (unpaired) electrons. The molecule has 1 aliphatic rings. The minimum Gasteiger partial charge on any atom is -0.338 e. The Bertz CT molecular complexity index is 1040. The third-order valence-corrected chi connectivity index (χ3v) is 7.39. The number of carbonyl (C=O) groups is 2. The number of hydrogen-bond acceptors (Lipinski definition) is 4. The Kier molecular flexibility index (Phi) is 8.40. The zero-order valence-corrected chi connectivity index (χ0v) is 19.4. The molecule has 0 spiro atoms. The monoisotopic (exact) mass is 476 g/mol. The molecule has 0 aliphatic carbocycles. The first-order chi connectivity index (χ1) is 15.8. The van der Waals surface area contributed by atoms with E-state index in [1.54, 1.807) is 47.4 Å². The van der Waals surface area contributed by atoms with Crippen LogP contribution >= 0.6 is 0 Å². The summed E-state index contributed by atoms with van der Waals surface area (Å²) in [5, 5.41) is 5.40. The summed E-state index contributed by atoms with van der Waals surface area (Å²) in [5.41, 5.74) is 0.737. The van der Waals surface area contributed by atoms with Gasteiger partial charge in [0.2, 0.25) is 15.9 Å². The molecule has 1 atom stereocenters. The summed E-state index contributed by atoms with van der Waals surface area (Å²) in [7, 11) is -3.60. The molecule has 3 amide bonds. The van der Waals surface area contributed by atoms with E-state index in [0.717, 1.165) is 5.56 Å². The summed E-state index contributed by atoms with van der Waals surface area (Å²) < 4.78 is 40.0. The molecule has 10 heteroatoms. The van der Waals surface area contributed by atoms with Crippen molar-refractivity contribution < 1.29 is 22.4 Å². The summed E-state index contributed by atoms with van der Waals surface area (Å²) in [6.45, 7) is 3.02. The van der Waals surface area contributed by atoms with Crippen LogP contribution in [0.25, 0.3) is 0 Å². The van der Waals surface area contributed by atoms with Crippen LogP contribution in [0.2, 0.25) is 0 Å². The van der Waals surface area contributed by atoms with Crippen molar-refractivity contribution in [3.63, 3.8) is 0 Å². The molecule has 0 aromatic heterocycles. The van der Waals surface area contributed by atoms with Gasteiger partial charge in [0.1, 0.15) is 11.9 Å². The zero-order valence-electron chi connectivity index (χ0n) is 18.5. The minimum absolute atomic E-state index is 0.193. The van der Waals surface area contributed by atoms with Crippen LogP contribution in [0.15, 0.2) is 59.5 Å². The lowest BCUT2D eigenvalue weighted by Crippen LogP contribution is -2.56. The standard InChI is InChI=1S/C23H29FN4O4S/c1-2-6-21(26-23(30)25-17-18-9-11-19(24)12-10-18)22(29)27-13-15-28(16-14-27)33(31,32)20-7-4-3-5-8-20/h3-5,7-12,21H,2,6,13-17H2,1H3,(H2,25,26,30). The Labute approximate surface area is 193 Å². The highest BCUT2D eigenvalue weighted by atomic mass is 32.2. The number of amides is 3. The summed E-state index contributed by atoms with van der Waals surface area (Å²) >= 11 is 0. The third-order valence-electron chi connectivity index (χ3n) is 5.48. The lowest BCUT2D eigenvalue weighted by atomic mass is 10.1. The zero-order chi connectivity index (χ0) is 23.8. The van der Waals surface area contributed by atoms with Crippen molar-refractivity contribution >= 4 is 22.0 Å². The van der Waals surface area contributed by atoms with Crippen molar-refractivity contribution in [2.45, 2.75) is 37.2 Å². The fourth-order valence-corrected chi connectivity index (χ4v) is 5.09. The van der Waals surface area contributed by atoms with Gasteiger partial charge in [-0.2, -0.15) is 4.31 Å². The predicted molar refractivity (Wildman–Crippen MR) is 122 cm³/mol. The maximum atomic E-state index is 13.0. The number of nitrogens with one attached hydrogen (secondary N) is 2. The van der Waals surface area contributed by atoms with Gasteiger partial charge in [-0.3, -0.25) is 4.79 Å². The summed E-state index contributed by atoms with van der Waals surface area (Å²) in [6.07, 6.45) is 1.16. The Hall–Kier alpha value is -2.98. The van der Waals surface area contributed by atoms with Crippen molar-refractivity contribution in [1.29, 1.82) is 0 Å². The molecule has 1 unspecified atom stereocenters. The topological polar surface area (TPSA) is 98.8 Å². The Morgan fingerprint density at radius 1 is 1.00 bits per heavy atom. The van der Waals surface area contributed by atoms with E-state index in [0.29, 0.717) is 12.8 Å². The maximum absolute atomic E-state index is 13.0. The molecular weight excluding hydrogens is 447 g/mol. The molecule has 2 aromatic rings. The minimum atomic E-state index is -3.60. The molecule has 2 N–H and O–H groups in total. The number of urea groups is 1. The van der Waals surface area contributed by atoms with E-state index in [1.165, 1.54) is 16.4 Å². The summed E-state index contributed by atoms with van der Waals surface area (Å²) in [4.78, 5) is 27.2. The lowest BCUT2D eigenvalue weighted by molar-refractivity contribution is -0.134. The average Bonchev–Trinajstić information content (AvgIpc) is 2.83. The van der Waals surface area contributed by atoms with Gasteiger partial charge in [0.15, 0.2) is 0 Å². The molecule has 1 fully saturated rings. The number of halogens is 1. The van der Waals surface area contributed by atoms with E-state index in [1.807, 2.05) is 6.92 Å². The molecule has 1 aliphatic heterocycles. The van der Waals surface area contributed by atoms with Crippen LogP contribution in [0.4, 0.5) is 9.18 Å². The van der Waals surface area contributed by atoms with E-state index in [4.69, 9.17) is 0 Å². The summed E-state index contributed by atoms with van der Waals surface area (Å²) in [5.74, 6) is -0.584. The van der Waals surface area contributed by atoms with Gasteiger partial charge < -0.3 is 15.5 Å². The molecule has 3 rings (SSSR count). The first-order valence-corrected chi connectivity index (χ1v) is 12.4. The van der Waals surface area contributed by atoms with Crippen molar-refractivity contribution in [3.05, 3.63) is 66.0 Å². The van der Waals surface area contributed by atoms with Crippen LogP contribution in [0.1, 0.15) is 25.3 Å². The number of sulfonamides is 1. The SMILES string of the molecule is CCCC(NC(=O)NCc1ccc(F)cc1)C(=O)N1CCN(S(=O)(=O)c2ccccc2)CC1. The number of benzene rings is 2. The Morgan fingerprint density at radius 2 is 1.64 bits per heavy atom. The molecule has 33 heavy (non-hydrogen) atoms. The quantitative estimate of drug-likeness (QED) is 0.611. The summed E-state index contributed by atoms with van der Waals surface area (Å²) in [6, 6.07) is 12.8. The molecule has 178 valence electrons. The van der Waals surface area contributed by atoms with Gasteiger partial charge in [-0.15, -0.1) is 0 Å². The number of rotatable bonds is 8. The Morgan fingerprint density at radius 3 is 2.24 bits per heavy atom. The van der Waals surface area contributed by atoms with Gasteiger partial charge in [0.05, 0.1) is 4.90 Å². The molecule has 2 aromatic carbocycles. The van der Waals surface area contributed by atoms with E-state index < -0.39 is 22.1 Å². The lowest BCUT2D eigenvalue weighted by Gasteiger charge is -2.36. The van der Waals surface area contributed by atoms with Crippen molar-refractivity contribution in [1.82, 2.24) is 19.8 Å². The highest BCUT2D eigenvalue weighted by Crippen LogP contribution is 2.18. The smallest absolute Gasteiger partial charge is 0.315 e. The van der Waals surface area contributed by atoms with Crippen LogP contribution in [0.5, 0.6) is 0 Å². The molecule has 1 heterocycles. The second kappa shape index (κ2) is 11.2. The number of nitrogens with zero attached hydrogens (tertiary/aromatic N) is 2. The number of piperazine rings is 1. The predicted octanol–water partition coefficient (Wildman–Crippen LogP) is 2.33. The fraction of sp³-hybridized carbons (Fsp3) is 0.391. The van der Waals surface area contributed by atoms with Gasteiger partial charge in [0.25, 0.3) is 0 Å². The van der Waals surface area contributed by atoms with Crippen LogP contribution in [-0.2, 0) is 21.4 Å². The van der Waals surface area contributed by atoms with E-state index in [-0.39, 0.29) is 49.3 Å². The first kappa shape index (κ1) is 24.7. The van der Waals surface area contributed by atoms with Gasteiger partial charge in [0, 0.05) is 32.7 Å². The maximum Gasteiger partial charge on any atom is 0.315 e. The second-order valence-electron chi connectivity index (χ2n) is 7.84. The Balaban J connectivity index is 1.54. The van der Waals surface area contributed by atoms with Crippen molar-refractivity contribution in [2.24, 2.45) is 0 Å². The molecule has 8 nitrogen and oxygen atoms in total. The fourth-order valence-electron chi connectivity index (χ4n) is 3.65. The average molecular weight is 477 g/mol. The van der Waals surface area contributed by atoms with E-state index >= 15 is 0 Å². The number of carbonyl (C=O) groups excluding carboxylic acids is 2. The first-order valence-electron chi connectivity index (χ1n) is 10.9. The second-order valence-corrected chi connectivity index (χ2v) is 9.78. The van der Waals surface area contributed by atoms with Crippen molar-refractivity contribution in [2.75, 3.05) is 26.2 Å². The van der Waals surface area contributed by atoms with Crippen LogP contribution in [-0.4, -0.2) is 61.8 Å². The largest absolute Gasteiger partial charge is 0.338 e. The van der Waals surface area contributed by atoms with Crippen molar-refractivity contribution in [3.8, 4) is 0 Å².